The van der Waals surface area contributed by atoms with Crippen molar-refractivity contribution >= 4 is 11.0 Å². The molecule has 0 fully saturated rings. The largest absolute Gasteiger partial charge is 0.328 e. The number of para-hydroxylation sites is 2. The van der Waals surface area contributed by atoms with Gasteiger partial charge in [-0.3, -0.25) is 0 Å². The van der Waals surface area contributed by atoms with Gasteiger partial charge in [-0.2, -0.15) is 0 Å². The molecule has 3 heteroatoms. The van der Waals surface area contributed by atoms with Gasteiger partial charge in [0.25, 0.3) is 0 Å². The van der Waals surface area contributed by atoms with Crippen LogP contribution in [0.15, 0.2) is 24.3 Å². The zero-order chi connectivity index (χ0) is 13.3. The second-order valence-electron chi connectivity index (χ2n) is 6.14. The molecule has 0 spiro atoms. The highest BCUT2D eigenvalue weighted by Gasteiger charge is 2.21. The van der Waals surface area contributed by atoms with Crippen molar-refractivity contribution in [2.75, 3.05) is 20.6 Å². The van der Waals surface area contributed by atoms with Crippen LogP contribution in [-0.4, -0.2) is 35.1 Å². The molecule has 0 N–H and O–H groups in total. The number of hydrogen-bond donors (Lipinski definition) is 0. The number of fused-ring (bicyclic) bond motifs is 1. The van der Waals surface area contributed by atoms with Crippen molar-refractivity contribution in [3.8, 4) is 0 Å². The van der Waals surface area contributed by atoms with E-state index in [2.05, 4.69) is 67.5 Å². The predicted molar refractivity (Wildman–Crippen MR) is 76.8 cm³/mol. The Morgan fingerprint density at radius 3 is 2.56 bits per heavy atom. The van der Waals surface area contributed by atoms with E-state index < -0.39 is 0 Å². The lowest BCUT2D eigenvalue weighted by Gasteiger charge is -2.29. The molecule has 0 saturated carbocycles. The SMILES string of the molecule is Cc1nc2ccccc2n1CC(C)(C)CN(C)C. The highest BCUT2D eigenvalue weighted by molar-refractivity contribution is 5.75. The molecule has 0 aliphatic heterocycles. The number of aromatic nitrogens is 2. The first-order chi connectivity index (χ1) is 8.39. The topological polar surface area (TPSA) is 21.1 Å². The molecule has 2 rings (SSSR count). The van der Waals surface area contributed by atoms with Gasteiger partial charge in [-0.05, 0) is 38.6 Å². The molecule has 0 amide bonds. The van der Waals surface area contributed by atoms with Gasteiger partial charge in [-0.25, -0.2) is 4.98 Å². The van der Waals surface area contributed by atoms with Crippen LogP contribution in [0.1, 0.15) is 19.7 Å². The molecular formula is C15H23N3. The average Bonchev–Trinajstić information content (AvgIpc) is 2.53. The lowest BCUT2D eigenvalue weighted by molar-refractivity contribution is 0.212. The molecule has 0 saturated heterocycles. The number of rotatable bonds is 4. The summed E-state index contributed by atoms with van der Waals surface area (Å²) in [5.41, 5.74) is 2.56. The van der Waals surface area contributed by atoms with Crippen LogP contribution in [0, 0.1) is 12.3 Å². The molecule has 0 aliphatic carbocycles. The Labute approximate surface area is 109 Å². The van der Waals surface area contributed by atoms with Crippen molar-refractivity contribution in [1.29, 1.82) is 0 Å². The fraction of sp³-hybridized carbons (Fsp3) is 0.533. The molecule has 0 radical (unpaired) electrons. The van der Waals surface area contributed by atoms with Crippen LogP contribution in [-0.2, 0) is 6.54 Å². The fourth-order valence-corrected chi connectivity index (χ4v) is 2.73. The first kappa shape index (κ1) is 13.1. The highest BCUT2D eigenvalue weighted by atomic mass is 15.1. The van der Waals surface area contributed by atoms with Crippen molar-refractivity contribution in [1.82, 2.24) is 14.5 Å². The quantitative estimate of drug-likeness (QED) is 0.826. The molecule has 1 aromatic carbocycles. The van der Waals surface area contributed by atoms with Crippen LogP contribution in [0.2, 0.25) is 0 Å². The van der Waals surface area contributed by atoms with Gasteiger partial charge in [0.1, 0.15) is 5.82 Å². The van der Waals surface area contributed by atoms with Crippen LogP contribution >= 0.6 is 0 Å². The fourth-order valence-electron chi connectivity index (χ4n) is 2.73. The smallest absolute Gasteiger partial charge is 0.106 e. The van der Waals surface area contributed by atoms with E-state index in [9.17, 15) is 0 Å². The van der Waals surface area contributed by atoms with Gasteiger partial charge < -0.3 is 9.47 Å². The second-order valence-corrected chi connectivity index (χ2v) is 6.14. The Bertz CT molecular complexity index is 538. The molecule has 0 atom stereocenters. The van der Waals surface area contributed by atoms with Crippen molar-refractivity contribution in [3.05, 3.63) is 30.1 Å². The monoisotopic (exact) mass is 245 g/mol. The molecule has 0 aliphatic rings. The van der Waals surface area contributed by atoms with E-state index >= 15 is 0 Å². The summed E-state index contributed by atoms with van der Waals surface area (Å²) in [5.74, 6) is 1.10. The highest BCUT2D eigenvalue weighted by Crippen LogP contribution is 2.24. The lowest BCUT2D eigenvalue weighted by Crippen LogP contribution is -2.32. The standard InChI is InChI=1S/C15H23N3/c1-12-16-13-8-6-7-9-14(13)18(12)11-15(2,3)10-17(4)5/h6-9H,10-11H2,1-5H3. The molecule has 0 unspecified atom stereocenters. The maximum absolute atomic E-state index is 4.63. The Hall–Kier alpha value is -1.35. The van der Waals surface area contributed by atoms with Gasteiger partial charge in [0.2, 0.25) is 0 Å². The molecule has 98 valence electrons. The number of aryl methyl sites for hydroxylation is 1. The summed E-state index contributed by atoms with van der Waals surface area (Å²) in [4.78, 5) is 6.87. The molecule has 1 aromatic heterocycles. The van der Waals surface area contributed by atoms with Crippen LogP contribution in [0.25, 0.3) is 11.0 Å². The minimum atomic E-state index is 0.234. The Morgan fingerprint density at radius 1 is 1.22 bits per heavy atom. The van der Waals surface area contributed by atoms with Crippen molar-refractivity contribution in [2.24, 2.45) is 5.41 Å². The van der Waals surface area contributed by atoms with Gasteiger partial charge in [0.15, 0.2) is 0 Å². The third-order valence-electron chi connectivity index (χ3n) is 3.18. The molecule has 1 heterocycles. The second kappa shape index (κ2) is 4.73. The summed E-state index contributed by atoms with van der Waals surface area (Å²) in [7, 11) is 4.25. The number of benzene rings is 1. The van der Waals surface area contributed by atoms with E-state index in [4.69, 9.17) is 0 Å². The van der Waals surface area contributed by atoms with E-state index in [0.717, 1.165) is 24.4 Å². The van der Waals surface area contributed by atoms with Crippen LogP contribution in [0.3, 0.4) is 0 Å². The van der Waals surface area contributed by atoms with Gasteiger partial charge in [-0.15, -0.1) is 0 Å². The zero-order valence-corrected chi connectivity index (χ0v) is 12.1. The minimum absolute atomic E-state index is 0.234. The van der Waals surface area contributed by atoms with Crippen LogP contribution in [0.4, 0.5) is 0 Å². The van der Waals surface area contributed by atoms with Crippen LogP contribution < -0.4 is 0 Å². The van der Waals surface area contributed by atoms with Gasteiger partial charge in [0.05, 0.1) is 11.0 Å². The molecule has 0 bridgehead atoms. The third-order valence-corrected chi connectivity index (χ3v) is 3.18. The Morgan fingerprint density at radius 2 is 1.89 bits per heavy atom. The Balaban J connectivity index is 2.34. The van der Waals surface area contributed by atoms with Crippen molar-refractivity contribution < 1.29 is 0 Å². The number of hydrogen-bond acceptors (Lipinski definition) is 2. The van der Waals surface area contributed by atoms with Gasteiger partial charge in [-0.1, -0.05) is 26.0 Å². The van der Waals surface area contributed by atoms with E-state index in [1.54, 1.807) is 0 Å². The van der Waals surface area contributed by atoms with E-state index in [1.165, 1.54) is 5.52 Å². The van der Waals surface area contributed by atoms with Crippen molar-refractivity contribution in [2.45, 2.75) is 27.3 Å². The molecule has 18 heavy (non-hydrogen) atoms. The first-order valence-corrected chi connectivity index (χ1v) is 6.46. The maximum Gasteiger partial charge on any atom is 0.106 e. The predicted octanol–water partition coefficient (Wildman–Crippen LogP) is 2.93. The molecule has 2 aromatic rings. The minimum Gasteiger partial charge on any atom is -0.328 e. The normalized spacial score (nSPS) is 12.6. The summed E-state index contributed by atoms with van der Waals surface area (Å²) in [6.45, 7) is 8.77. The summed E-state index contributed by atoms with van der Waals surface area (Å²) in [6, 6.07) is 8.36. The average molecular weight is 245 g/mol. The number of imidazole rings is 1. The van der Waals surface area contributed by atoms with E-state index in [-0.39, 0.29) is 5.41 Å². The number of nitrogens with zero attached hydrogens (tertiary/aromatic N) is 3. The van der Waals surface area contributed by atoms with Gasteiger partial charge >= 0.3 is 0 Å². The van der Waals surface area contributed by atoms with Gasteiger partial charge in [0, 0.05) is 13.1 Å². The summed E-state index contributed by atoms with van der Waals surface area (Å²) in [5, 5.41) is 0. The first-order valence-electron chi connectivity index (χ1n) is 6.46. The third kappa shape index (κ3) is 2.72. The molecular weight excluding hydrogens is 222 g/mol. The summed E-state index contributed by atoms with van der Waals surface area (Å²) < 4.78 is 2.33. The van der Waals surface area contributed by atoms with Crippen LogP contribution in [0.5, 0.6) is 0 Å². The maximum atomic E-state index is 4.63. The van der Waals surface area contributed by atoms with E-state index in [1.807, 2.05) is 6.07 Å². The van der Waals surface area contributed by atoms with E-state index in [0.29, 0.717) is 0 Å². The van der Waals surface area contributed by atoms with Crippen molar-refractivity contribution in [3.63, 3.8) is 0 Å². The summed E-state index contributed by atoms with van der Waals surface area (Å²) in [6.07, 6.45) is 0. The summed E-state index contributed by atoms with van der Waals surface area (Å²) >= 11 is 0. The molecule has 3 nitrogen and oxygen atoms in total. The zero-order valence-electron chi connectivity index (χ0n) is 12.1. The lowest BCUT2D eigenvalue weighted by atomic mass is 9.92. The Kier molecular flexibility index (Phi) is 3.44.